The first-order valence-electron chi connectivity index (χ1n) is 15.1. The minimum Gasteiger partial charge on any atom is -0.493 e. The second-order valence-electron chi connectivity index (χ2n) is 12.3. The van der Waals surface area contributed by atoms with Crippen LogP contribution in [-0.2, 0) is 21.8 Å². The molecule has 1 heterocycles. The first-order chi connectivity index (χ1) is 21.0. The SMILES string of the molecule is CC(C)N(Cc1ccc2c(c1)OCCC2NC(=O)CC(N=S(=O)=O)c1ccccc1)C(C)(C)C.c1ccc2ccccc2c1. The molecule has 2 unspecified atom stereocenters. The summed E-state index contributed by atoms with van der Waals surface area (Å²) in [5.74, 6) is 0.542. The minimum atomic E-state index is -2.60. The van der Waals surface area contributed by atoms with E-state index in [0.717, 1.165) is 23.4 Å². The summed E-state index contributed by atoms with van der Waals surface area (Å²) in [4.78, 5) is 15.3. The van der Waals surface area contributed by atoms with Crippen LogP contribution in [0.1, 0.15) is 76.2 Å². The summed E-state index contributed by atoms with van der Waals surface area (Å²) in [6, 6.07) is 31.4. The van der Waals surface area contributed by atoms with Crippen molar-refractivity contribution < 1.29 is 17.9 Å². The number of nitrogens with zero attached hydrogens (tertiary/aromatic N) is 2. The second kappa shape index (κ2) is 15.1. The highest BCUT2D eigenvalue weighted by atomic mass is 32.2. The van der Waals surface area contributed by atoms with E-state index < -0.39 is 16.5 Å². The molecule has 0 aromatic heterocycles. The molecular weight excluding hydrogens is 570 g/mol. The minimum absolute atomic E-state index is 0.0372. The molecule has 0 saturated heterocycles. The van der Waals surface area contributed by atoms with Crippen LogP contribution >= 0.6 is 0 Å². The standard InChI is InChI=1S/C26H35N3O4S.C10H8/c1-18(2)29(26(3,4)5)17-19-11-12-21-22(13-14-33-24(21)15-19)27-25(30)16-23(28-34(31)32)20-9-7-6-8-10-20;1-2-6-10-8-4-3-7-9(10)5-1/h6-12,15,18,22-23H,13-14,16-17H2,1-5H3,(H,27,30);1-8H. The summed E-state index contributed by atoms with van der Waals surface area (Å²) < 4.78 is 32.1. The number of hydrogen-bond donors (Lipinski definition) is 1. The normalized spacial score (nSPS) is 15.0. The lowest BCUT2D eigenvalue weighted by Gasteiger charge is -2.39. The smallest absolute Gasteiger partial charge is 0.311 e. The third-order valence-corrected chi connectivity index (χ3v) is 8.15. The van der Waals surface area contributed by atoms with E-state index in [-0.39, 0.29) is 23.9 Å². The summed E-state index contributed by atoms with van der Waals surface area (Å²) in [6.07, 6.45) is 0.608. The van der Waals surface area contributed by atoms with E-state index in [2.05, 4.69) is 110 Å². The number of fused-ring (bicyclic) bond motifs is 2. The van der Waals surface area contributed by atoms with Gasteiger partial charge in [-0.2, -0.15) is 12.8 Å². The molecule has 7 nitrogen and oxygen atoms in total. The molecule has 4 aromatic carbocycles. The molecule has 1 amide bonds. The van der Waals surface area contributed by atoms with Gasteiger partial charge in [-0.1, -0.05) is 91.0 Å². The van der Waals surface area contributed by atoms with Crippen LogP contribution in [0.5, 0.6) is 5.75 Å². The zero-order valence-electron chi connectivity index (χ0n) is 26.2. The largest absolute Gasteiger partial charge is 0.493 e. The Kier molecular flexibility index (Phi) is 11.3. The zero-order chi connectivity index (χ0) is 31.7. The van der Waals surface area contributed by atoms with Crippen LogP contribution in [-0.4, -0.2) is 37.4 Å². The van der Waals surface area contributed by atoms with Gasteiger partial charge in [0.05, 0.1) is 19.1 Å². The number of hydrogen-bond acceptors (Lipinski definition) is 6. The highest BCUT2D eigenvalue weighted by Crippen LogP contribution is 2.34. The van der Waals surface area contributed by atoms with E-state index in [0.29, 0.717) is 24.6 Å². The zero-order valence-corrected chi connectivity index (χ0v) is 27.1. The van der Waals surface area contributed by atoms with Crippen molar-refractivity contribution in [3.8, 4) is 5.75 Å². The van der Waals surface area contributed by atoms with Crippen LogP contribution in [0.4, 0.5) is 0 Å². The highest BCUT2D eigenvalue weighted by molar-refractivity contribution is 7.61. The number of benzene rings is 4. The fourth-order valence-corrected chi connectivity index (χ4v) is 6.03. The van der Waals surface area contributed by atoms with Crippen LogP contribution in [0.2, 0.25) is 0 Å². The molecule has 8 heteroatoms. The molecule has 0 spiro atoms. The van der Waals surface area contributed by atoms with Gasteiger partial charge in [-0.15, -0.1) is 0 Å². The Balaban J connectivity index is 0.000000369. The monoisotopic (exact) mass is 613 g/mol. The molecule has 0 saturated carbocycles. The first-order valence-corrected chi connectivity index (χ1v) is 16.1. The van der Waals surface area contributed by atoms with Crippen molar-refractivity contribution in [3.63, 3.8) is 0 Å². The Labute approximate surface area is 263 Å². The van der Waals surface area contributed by atoms with Gasteiger partial charge >= 0.3 is 10.5 Å². The van der Waals surface area contributed by atoms with Gasteiger partial charge < -0.3 is 10.1 Å². The maximum absolute atomic E-state index is 12.9. The van der Waals surface area contributed by atoms with Gasteiger partial charge in [0.1, 0.15) is 11.8 Å². The van der Waals surface area contributed by atoms with Crippen LogP contribution in [0.25, 0.3) is 10.8 Å². The molecule has 1 N–H and O–H groups in total. The molecule has 0 bridgehead atoms. The van der Waals surface area contributed by atoms with Crippen molar-refractivity contribution in [3.05, 3.63) is 114 Å². The molecule has 0 aliphatic carbocycles. The van der Waals surface area contributed by atoms with E-state index in [9.17, 15) is 13.2 Å². The predicted molar refractivity (Wildman–Crippen MR) is 177 cm³/mol. The average molecular weight is 614 g/mol. The molecular formula is C36H43N3O4S. The van der Waals surface area contributed by atoms with Gasteiger partial charge in [-0.05, 0) is 62.6 Å². The van der Waals surface area contributed by atoms with Gasteiger partial charge in [0, 0.05) is 30.1 Å². The maximum atomic E-state index is 12.9. The fourth-order valence-electron chi connectivity index (χ4n) is 5.63. The molecule has 4 aromatic rings. The van der Waals surface area contributed by atoms with E-state index in [1.807, 2.05) is 12.1 Å². The Morgan fingerprint density at radius 3 is 2.07 bits per heavy atom. The van der Waals surface area contributed by atoms with Crippen molar-refractivity contribution in [1.82, 2.24) is 10.2 Å². The number of amides is 1. The van der Waals surface area contributed by atoms with Crippen molar-refractivity contribution >= 4 is 27.2 Å². The summed E-state index contributed by atoms with van der Waals surface area (Å²) >= 11 is 0. The highest BCUT2D eigenvalue weighted by Gasteiger charge is 2.27. The molecule has 5 rings (SSSR count). The van der Waals surface area contributed by atoms with E-state index in [4.69, 9.17) is 4.74 Å². The quantitative estimate of drug-likeness (QED) is 0.220. The van der Waals surface area contributed by atoms with Gasteiger partial charge in [0.25, 0.3) is 0 Å². The number of nitrogens with one attached hydrogen (secondary N) is 1. The maximum Gasteiger partial charge on any atom is 0.311 e. The van der Waals surface area contributed by atoms with E-state index in [1.165, 1.54) is 10.8 Å². The number of ether oxygens (including phenoxy) is 1. The van der Waals surface area contributed by atoms with Gasteiger partial charge in [-0.25, -0.2) is 0 Å². The lowest BCUT2D eigenvalue weighted by atomic mass is 9.96. The molecule has 0 radical (unpaired) electrons. The van der Waals surface area contributed by atoms with Crippen LogP contribution in [0.3, 0.4) is 0 Å². The van der Waals surface area contributed by atoms with Crippen LogP contribution in [0, 0.1) is 0 Å². The Morgan fingerprint density at radius 1 is 0.932 bits per heavy atom. The molecule has 1 aliphatic rings. The van der Waals surface area contributed by atoms with Crippen molar-refractivity contribution in [2.24, 2.45) is 4.36 Å². The van der Waals surface area contributed by atoms with Crippen molar-refractivity contribution in [2.45, 2.75) is 77.7 Å². The summed E-state index contributed by atoms with van der Waals surface area (Å²) in [5.41, 5.74) is 2.83. The topological polar surface area (TPSA) is 88.1 Å². The third-order valence-electron chi connectivity index (χ3n) is 7.73. The average Bonchev–Trinajstić information content (AvgIpc) is 2.99. The molecule has 232 valence electrons. The van der Waals surface area contributed by atoms with Gasteiger partial charge in [-0.3, -0.25) is 9.69 Å². The first kappa shape index (κ1) is 32.9. The molecule has 2 atom stereocenters. The van der Waals surface area contributed by atoms with Crippen LogP contribution < -0.4 is 10.1 Å². The number of rotatable bonds is 8. The number of carbonyl (C=O) groups is 1. The third kappa shape index (κ3) is 9.24. The van der Waals surface area contributed by atoms with Gasteiger partial charge in [0.15, 0.2) is 0 Å². The van der Waals surface area contributed by atoms with E-state index >= 15 is 0 Å². The lowest BCUT2D eigenvalue weighted by molar-refractivity contribution is -0.122. The Hall–Kier alpha value is -4.01. The van der Waals surface area contributed by atoms with Crippen LogP contribution in [0.15, 0.2) is 101 Å². The Morgan fingerprint density at radius 2 is 1.52 bits per heavy atom. The number of carbonyl (C=O) groups excluding carboxylic acids is 1. The molecule has 44 heavy (non-hydrogen) atoms. The molecule has 0 fully saturated rings. The van der Waals surface area contributed by atoms with Gasteiger partial charge in [0.2, 0.25) is 5.91 Å². The summed E-state index contributed by atoms with van der Waals surface area (Å²) in [7, 11) is -2.60. The van der Waals surface area contributed by atoms with E-state index in [1.54, 1.807) is 24.3 Å². The molecule has 1 aliphatic heterocycles. The predicted octanol–water partition coefficient (Wildman–Crippen LogP) is 7.67. The fraction of sp³-hybridized carbons (Fsp3) is 0.361. The lowest BCUT2D eigenvalue weighted by Crippen LogP contribution is -2.45. The van der Waals surface area contributed by atoms with Crippen molar-refractivity contribution in [1.29, 1.82) is 0 Å². The summed E-state index contributed by atoms with van der Waals surface area (Å²) in [6.45, 7) is 12.3. The summed E-state index contributed by atoms with van der Waals surface area (Å²) in [5, 5.41) is 5.68. The second-order valence-corrected chi connectivity index (χ2v) is 13.0. The Bertz CT molecular complexity index is 1610. The van der Waals surface area contributed by atoms with Crippen molar-refractivity contribution in [2.75, 3.05) is 6.61 Å².